The summed E-state index contributed by atoms with van der Waals surface area (Å²) in [6.45, 7) is 2.75. The van der Waals surface area contributed by atoms with Crippen molar-refractivity contribution in [3.63, 3.8) is 0 Å². The van der Waals surface area contributed by atoms with Crippen LogP contribution < -0.4 is 30.2 Å². The van der Waals surface area contributed by atoms with Crippen molar-refractivity contribution in [1.82, 2.24) is 9.97 Å². The van der Waals surface area contributed by atoms with Crippen molar-refractivity contribution in [3.8, 4) is 17.2 Å². The monoisotopic (exact) mass is 557 g/mol. The summed E-state index contributed by atoms with van der Waals surface area (Å²) >= 11 is 0. The third-order valence-electron chi connectivity index (χ3n) is 5.36. The normalized spacial score (nSPS) is 11.1. The number of methoxy groups -OCH3 is 1. The van der Waals surface area contributed by atoms with Crippen molar-refractivity contribution >= 4 is 41.1 Å². The molecule has 4 aromatic rings. The third-order valence-corrected chi connectivity index (χ3v) is 5.36. The molecular formula is C29H27N5O7. The van der Waals surface area contributed by atoms with Gasteiger partial charge in [-0.25, -0.2) is 0 Å². The highest BCUT2D eigenvalue weighted by Crippen LogP contribution is 2.23. The minimum absolute atomic E-state index is 0.0710. The number of ether oxygens (including phenoxy) is 3. The Morgan fingerprint density at radius 1 is 0.756 bits per heavy atom. The number of aliphatic hydroxyl groups is 1. The molecule has 12 nitrogen and oxygen atoms in total. The van der Waals surface area contributed by atoms with E-state index in [2.05, 4.69) is 25.9 Å². The molecule has 4 N–H and O–H groups in total. The first-order valence-corrected chi connectivity index (χ1v) is 12.3. The molecule has 1 heterocycles. The lowest BCUT2D eigenvalue weighted by molar-refractivity contribution is -0.131. The molecule has 1 aromatic heterocycles. The van der Waals surface area contributed by atoms with Gasteiger partial charge in [0.05, 0.1) is 7.11 Å². The summed E-state index contributed by atoms with van der Waals surface area (Å²) in [5.74, 6) is 0.235. The van der Waals surface area contributed by atoms with Crippen LogP contribution in [-0.4, -0.2) is 46.3 Å². The first-order chi connectivity index (χ1) is 19.7. The summed E-state index contributed by atoms with van der Waals surface area (Å²) in [6.07, 6.45) is -0.996. The number of esters is 1. The molecular weight excluding hydrogens is 530 g/mol. The smallest absolute Gasteiger partial charge is 0.308 e. The zero-order valence-corrected chi connectivity index (χ0v) is 22.4. The topological polar surface area (TPSA) is 161 Å². The molecule has 210 valence electrons. The predicted molar refractivity (Wildman–Crippen MR) is 151 cm³/mol. The maximum atomic E-state index is 12.9. The average molecular weight is 558 g/mol. The minimum Gasteiger partial charge on any atom is -0.497 e. The van der Waals surface area contributed by atoms with Crippen LogP contribution in [0.5, 0.6) is 17.2 Å². The van der Waals surface area contributed by atoms with Gasteiger partial charge in [-0.2, -0.15) is 9.97 Å². The van der Waals surface area contributed by atoms with E-state index in [1.54, 1.807) is 43.5 Å². The SMILES string of the molecule is COc1ccc(Nc2cc(NC(=O)c3ccc(OC(C)=O)cc3)nc(NC(=O)c3ccc(OC(C)O)cc3)n2)cc1. The summed E-state index contributed by atoms with van der Waals surface area (Å²) in [4.78, 5) is 45.6. The van der Waals surface area contributed by atoms with Gasteiger partial charge in [-0.1, -0.05) is 0 Å². The van der Waals surface area contributed by atoms with Crippen molar-refractivity contribution in [2.75, 3.05) is 23.1 Å². The number of nitrogens with zero attached hydrogens (tertiary/aromatic N) is 2. The van der Waals surface area contributed by atoms with Crippen LogP contribution >= 0.6 is 0 Å². The highest BCUT2D eigenvalue weighted by atomic mass is 16.6. The van der Waals surface area contributed by atoms with Gasteiger partial charge in [-0.3, -0.25) is 19.7 Å². The molecule has 0 aliphatic carbocycles. The van der Waals surface area contributed by atoms with Crippen LogP contribution in [0, 0.1) is 0 Å². The predicted octanol–water partition coefficient (Wildman–Crippen LogP) is 4.38. The van der Waals surface area contributed by atoms with E-state index < -0.39 is 24.1 Å². The molecule has 0 saturated carbocycles. The first-order valence-electron chi connectivity index (χ1n) is 12.3. The molecule has 0 spiro atoms. The maximum absolute atomic E-state index is 12.9. The molecule has 0 radical (unpaired) electrons. The second-order valence-corrected chi connectivity index (χ2v) is 8.58. The van der Waals surface area contributed by atoms with E-state index >= 15 is 0 Å². The van der Waals surface area contributed by atoms with E-state index in [9.17, 15) is 19.5 Å². The number of rotatable bonds is 10. The fourth-order valence-electron chi connectivity index (χ4n) is 3.54. The number of carbonyl (C=O) groups excluding carboxylic acids is 3. The van der Waals surface area contributed by atoms with Crippen LogP contribution in [0.2, 0.25) is 0 Å². The molecule has 4 rings (SSSR count). The number of amides is 2. The summed E-state index contributed by atoms with van der Waals surface area (Å²) in [5, 5.41) is 17.8. The molecule has 0 bridgehead atoms. The van der Waals surface area contributed by atoms with Crippen molar-refractivity contribution in [3.05, 3.63) is 90.0 Å². The molecule has 0 fully saturated rings. The first kappa shape index (κ1) is 28.5. The Kier molecular flexibility index (Phi) is 9.07. The zero-order valence-electron chi connectivity index (χ0n) is 22.4. The van der Waals surface area contributed by atoms with E-state index in [0.717, 1.165) is 0 Å². The van der Waals surface area contributed by atoms with Crippen LogP contribution in [0.15, 0.2) is 78.9 Å². The van der Waals surface area contributed by atoms with E-state index in [1.165, 1.54) is 56.3 Å². The van der Waals surface area contributed by atoms with Gasteiger partial charge in [-0.15, -0.1) is 0 Å². The van der Waals surface area contributed by atoms with Crippen LogP contribution in [0.3, 0.4) is 0 Å². The van der Waals surface area contributed by atoms with E-state index in [0.29, 0.717) is 34.3 Å². The number of hydrogen-bond acceptors (Lipinski definition) is 10. The number of carbonyl (C=O) groups is 3. The summed E-state index contributed by atoms with van der Waals surface area (Å²) < 4.78 is 15.4. The number of nitrogens with one attached hydrogen (secondary N) is 3. The van der Waals surface area contributed by atoms with E-state index in [4.69, 9.17) is 14.2 Å². The van der Waals surface area contributed by atoms with E-state index in [1.807, 2.05) is 0 Å². The average Bonchev–Trinajstić information content (AvgIpc) is 2.93. The Morgan fingerprint density at radius 2 is 1.29 bits per heavy atom. The molecule has 1 atom stereocenters. The molecule has 41 heavy (non-hydrogen) atoms. The van der Waals surface area contributed by atoms with Crippen molar-refractivity contribution < 1.29 is 33.7 Å². The number of aliphatic hydroxyl groups excluding tert-OH is 1. The van der Waals surface area contributed by atoms with Crippen LogP contribution in [0.4, 0.5) is 23.3 Å². The second kappa shape index (κ2) is 13.0. The number of aromatic nitrogens is 2. The maximum Gasteiger partial charge on any atom is 0.308 e. The number of benzene rings is 3. The van der Waals surface area contributed by atoms with Gasteiger partial charge in [0, 0.05) is 29.8 Å². The minimum atomic E-state index is -0.996. The lowest BCUT2D eigenvalue weighted by atomic mass is 10.2. The molecule has 0 saturated heterocycles. The standard InChI is InChI=1S/C29H27N5O7/c1-17(35)40-23-10-4-19(5-11-23)27(37)31-26-16-25(30-21-8-14-22(39-3)15-9-21)32-29(33-26)34-28(38)20-6-12-24(13-7-20)41-18(2)36/h4-16,18,36H,1-3H3,(H3,30,31,32,33,34,37,38). The lowest BCUT2D eigenvalue weighted by Gasteiger charge is -2.12. The number of hydrogen-bond donors (Lipinski definition) is 4. The van der Waals surface area contributed by atoms with Gasteiger partial charge in [0.1, 0.15) is 28.9 Å². The highest BCUT2D eigenvalue weighted by molar-refractivity contribution is 6.05. The molecule has 0 aliphatic heterocycles. The van der Waals surface area contributed by atoms with Gasteiger partial charge >= 0.3 is 5.97 Å². The van der Waals surface area contributed by atoms with Crippen molar-refractivity contribution in [1.29, 1.82) is 0 Å². The van der Waals surface area contributed by atoms with Crippen LogP contribution in [-0.2, 0) is 4.79 Å². The second-order valence-electron chi connectivity index (χ2n) is 8.58. The quantitative estimate of drug-likeness (QED) is 0.125. The van der Waals surface area contributed by atoms with Gasteiger partial charge in [-0.05, 0) is 79.7 Å². The lowest BCUT2D eigenvalue weighted by Crippen LogP contribution is -2.18. The summed E-state index contributed by atoms with van der Waals surface area (Å²) in [5.41, 5.74) is 1.25. The molecule has 12 heteroatoms. The van der Waals surface area contributed by atoms with Gasteiger partial charge in [0.2, 0.25) is 5.95 Å². The molecule has 0 aliphatic rings. The summed E-state index contributed by atoms with van der Waals surface area (Å²) in [7, 11) is 1.56. The van der Waals surface area contributed by atoms with Crippen molar-refractivity contribution in [2.24, 2.45) is 0 Å². The molecule has 3 aromatic carbocycles. The van der Waals surface area contributed by atoms with Gasteiger partial charge < -0.3 is 30.0 Å². The Balaban J connectivity index is 1.56. The largest absolute Gasteiger partial charge is 0.497 e. The van der Waals surface area contributed by atoms with Crippen molar-refractivity contribution in [2.45, 2.75) is 20.1 Å². The van der Waals surface area contributed by atoms with E-state index in [-0.39, 0.29) is 17.3 Å². The fourth-order valence-corrected chi connectivity index (χ4v) is 3.54. The molecule has 1 unspecified atom stereocenters. The van der Waals surface area contributed by atoms with Crippen LogP contribution in [0.1, 0.15) is 34.6 Å². The summed E-state index contributed by atoms with van der Waals surface area (Å²) in [6, 6.07) is 20.7. The Morgan fingerprint density at radius 3 is 1.85 bits per heavy atom. The Bertz CT molecular complexity index is 1520. The Labute approximate surface area is 235 Å². The zero-order chi connectivity index (χ0) is 29.4. The Hall–Kier alpha value is -5.49. The van der Waals surface area contributed by atoms with Crippen LogP contribution in [0.25, 0.3) is 0 Å². The number of anilines is 4. The van der Waals surface area contributed by atoms with Gasteiger partial charge in [0.25, 0.3) is 11.8 Å². The molecule has 2 amide bonds. The fraction of sp³-hybridized carbons (Fsp3) is 0.138. The highest BCUT2D eigenvalue weighted by Gasteiger charge is 2.14. The third kappa shape index (κ3) is 8.25. The van der Waals surface area contributed by atoms with Gasteiger partial charge in [0.15, 0.2) is 6.29 Å².